The van der Waals surface area contributed by atoms with Gasteiger partial charge in [0, 0.05) is 11.6 Å². The Hall–Kier alpha value is -2.76. The minimum Gasteiger partial charge on any atom is -0.431 e. The topological polar surface area (TPSA) is 43.9 Å². The van der Waals surface area contributed by atoms with Crippen LogP contribution in [-0.4, -0.2) is 14.5 Å². The predicted octanol–water partition coefficient (Wildman–Crippen LogP) is 6.73. The summed E-state index contributed by atoms with van der Waals surface area (Å²) in [6.07, 6.45) is 0. The van der Waals surface area contributed by atoms with Gasteiger partial charge >= 0.3 is 0 Å². The van der Waals surface area contributed by atoms with E-state index in [1.807, 2.05) is 48.5 Å². The number of fused-ring (bicyclic) bond motifs is 2. The first-order valence-corrected chi connectivity index (χ1v) is 10.6. The molecule has 144 valence electrons. The van der Waals surface area contributed by atoms with E-state index < -0.39 is 0 Å². The monoisotopic (exact) mass is 419 g/mol. The van der Waals surface area contributed by atoms with Crippen molar-refractivity contribution in [1.82, 2.24) is 14.5 Å². The van der Waals surface area contributed by atoms with Crippen LogP contribution < -0.4 is 0 Å². The van der Waals surface area contributed by atoms with Crippen molar-refractivity contribution >= 4 is 45.5 Å². The van der Waals surface area contributed by atoms with Gasteiger partial charge in [-0.15, -0.1) is 0 Å². The summed E-state index contributed by atoms with van der Waals surface area (Å²) >= 11 is 7.79. The zero-order chi connectivity index (χ0) is 19.8. The van der Waals surface area contributed by atoms with Crippen molar-refractivity contribution in [1.29, 1.82) is 0 Å². The van der Waals surface area contributed by atoms with E-state index in [0.29, 0.717) is 10.2 Å². The zero-order valence-corrected chi connectivity index (χ0v) is 17.3. The molecule has 3 aromatic carbocycles. The van der Waals surface area contributed by atoms with E-state index in [1.165, 1.54) is 5.56 Å². The summed E-state index contributed by atoms with van der Waals surface area (Å²) in [4.78, 5) is 9.51. The highest BCUT2D eigenvalue weighted by Gasteiger charge is 2.20. The molecule has 1 atom stereocenters. The highest BCUT2D eigenvalue weighted by atomic mass is 35.5. The molecule has 0 saturated carbocycles. The average Bonchev–Trinajstić information content (AvgIpc) is 3.29. The van der Waals surface area contributed by atoms with Crippen LogP contribution in [0.5, 0.6) is 0 Å². The third-order valence-electron chi connectivity index (χ3n) is 4.84. The van der Waals surface area contributed by atoms with Gasteiger partial charge < -0.3 is 8.98 Å². The van der Waals surface area contributed by atoms with Crippen LogP contribution in [0.25, 0.3) is 22.1 Å². The van der Waals surface area contributed by atoms with Crippen LogP contribution in [0.3, 0.4) is 0 Å². The van der Waals surface area contributed by atoms with Gasteiger partial charge in [0.15, 0.2) is 5.58 Å². The molecular weight excluding hydrogens is 402 g/mol. The van der Waals surface area contributed by atoms with Crippen LogP contribution in [0, 0.1) is 0 Å². The molecule has 0 spiro atoms. The number of hydrogen-bond donors (Lipinski definition) is 0. The van der Waals surface area contributed by atoms with Gasteiger partial charge in [-0.2, -0.15) is 0 Å². The lowest BCUT2D eigenvalue weighted by molar-refractivity contribution is 0.488. The number of hydrogen-bond acceptors (Lipinski definition) is 4. The lowest BCUT2D eigenvalue weighted by atomic mass is 10.2. The number of oxazole rings is 1. The molecule has 0 saturated heterocycles. The Morgan fingerprint density at radius 1 is 0.966 bits per heavy atom. The van der Waals surface area contributed by atoms with E-state index in [4.69, 9.17) is 21.0 Å². The summed E-state index contributed by atoms with van der Waals surface area (Å²) in [6, 6.07) is 24.1. The van der Waals surface area contributed by atoms with E-state index >= 15 is 0 Å². The van der Waals surface area contributed by atoms with Gasteiger partial charge in [0.2, 0.25) is 0 Å². The van der Waals surface area contributed by atoms with Gasteiger partial charge in [0.05, 0.1) is 16.3 Å². The number of thioether (sulfide) groups is 1. The van der Waals surface area contributed by atoms with Crippen molar-refractivity contribution in [2.45, 2.75) is 23.9 Å². The van der Waals surface area contributed by atoms with Gasteiger partial charge in [-0.05, 0) is 42.8 Å². The molecule has 0 aliphatic rings. The second-order valence-electron chi connectivity index (χ2n) is 6.88. The molecule has 6 heteroatoms. The van der Waals surface area contributed by atoms with E-state index in [1.54, 1.807) is 11.8 Å². The molecule has 0 fully saturated rings. The molecule has 0 radical (unpaired) electrons. The van der Waals surface area contributed by atoms with E-state index in [2.05, 4.69) is 40.7 Å². The Morgan fingerprint density at radius 2 is 1.76 bits per heavy atom. The van der Waals surface area contributed by atoms with Gasteiger partial charge in [-0.1, -0.05) is 65.8 Å². The molecule has 0 aliphatic heterocycles. The number of aromatic nitrogens is 3. The maximum absolute atomic E-state index is 6.22. The summed E-state index contributed by atoms with van der Waals surface area (Å²) in [7, 11) is 0. The Bertz CT molecular complexity index is 1260. The van der Waals surface area contributed by atoms with Crippen molar-refractivity contribution in [3.8, 4) is 0 Å². The number of nitrogens with zero attached hydrogens (tertiary/aromatic N) is 3. The highest BCUT2D eigenvalue weighted by molar-refractivity contribution is 7.99. The molecular formula is C23H18ClN3OS. The van der Waals surface area contributed by atoms with Crippen LogP contribution in [0.2, 0.25) is 5.02 Å². The van der Waals surface area contributed by atoms with Crippen molar-refractivity contribution in [2.24, 2.45) is 0 Å². The van der Waals surface area contributed by atoms with Crippen molar-refractivity contribution in [3.63, 3.8) is 0 Å². The minimum absolute atomic E-state index is 0.0537. The van der Waals surface area contributed by atoms with Crippen molar-refractivity contribution < 1.29 is 4.42 Å². The van der Waals surface area contributed by atoms with Crippen molar-refractivity contribution in [2.75, 3.05) is 0 Å². The Labute approximate surface area is 177 Å². The van der Waals surface area contributed by atoms with E-state index in [0.717, 1.165) is 34.5 Å². The number of benzene rings is 3. The quantitative estimate of drug-likeness (QED) is 0.296. The van der Waals surface area contributed by atoms with Gasteiger partial charge in [-0.3, -0.25) is 0 Å². The molecule has 0 N–H and O–H groups in total. The molecule has 0 bridgehead atoms. The molecule has 0 unspecified atom stereocenters. The Morgan fingerprint density at radius 3 is 2.59 bits per heavy atom. The molecule has 2 aromatic heterocycles. The summed E-state index contributed by atoms with van der Waals surface area (Å²) in [5.41, 5.74) is 4.85. The summed E-state index contributed by atoms with van der Waals surface area (Å²) in [5.74, 6) is 0.971. The van der Waals surface area contributed by atoms with Crippen LogP contribution >= 0.6 is 23.4 Å². The lowest BCUT2D eigenvalue weighted by Gasteiger charge is -2.13. The van der Waals surface area contributed by atoms with E-state index in [9.17, 15) is 0 Å². The molecule has 5 aromatic rings. The standard InChI is InChI=1S/C23H18ClN3OS/c1-15(29-23-26-18-9-5-6-10-21(18)28-23)22-25-19-13-17(24)11-12-20(19)27(22)14-16-7-3-2-4-8-16/h2-13,15H,14H2,1H3/t15-/m1/s1. The van der Waals surface area contributed by atoms with Crippen molar-refractivity contribution in [3.05, 3.63) is 89.2 Å². The fourth-order valence-electron chi connectivity index (χ4n) is 3.47. The Kier molecular flexibility index (Phi) is 4.78. The van der Waals surface area contributed by atoms with Crippen LogP contribution in [0.15, 0.2) is 82.4 Å². The zero-order valence-electron chi connectivity index (χ0n) is 15.7. The summed E-state index contributed by atoms with van der Waals surface area (Å²) in [6.45, 7) is 2.87. The number of halogens is 1. The first-order valence-electron chi connectivity index (χ1n) is 9.39. The Balaban J connectivity index is 1.54. The molecule has 4 nitrogen and oxygen atoms in total. The first kappa shape index (κ1) is 18.3. The maximum atomic E-state index is 6.22. The number of rotatable bonds is 5. The first-order chi connectivity index (χ1) is 14.2. The van der Waals surface area contributed by atoms with Crippen LogP contribution in [-0.2, 0) is 6.54 Å². The predicted molar refractivity (Wildman–Crippen MR) is 119 cm³/mol. The highest BCUT2D eigenvalue weighted by Crippen LogP contribution is 2.37. The summed E-state index contributed by atoms with van der Waals surface area (Å²) in [5, 5.41) is 1.39. The summed E-state index contributed by atoms with van der Waals surface area (Å²) < 4.78 is 8.16. The fraction of sp³-hybridized carbons (Fsp3) is 0.130. The molecule has 29 heavy (non-hydrogen) atoms. The van der Waals surface area contributed by atoms with Gasteiger partial charge in [0.1, 0.15) is 11.3 Å². The third kappa shape index (κ3) is 3.63. The number of imidazole rings is 1. The number of para-hydroxylation sites is 2. The molecule has 0 aliphatic carbocycles. The van der Waals surface area contributed by atoms with E-state index in [-0.39, 0.29) is 5.25 Å². The third-order valence-corrected chi connectivity index (χ3v) is 6.01. The van der Waals surface area contributed by atoms with Gasteiger partial charge in [-0.25, -0.2) is 9.97 Å². The average molecular weight is 420 g/mol. The second-order valence-corrected chi connectivity index (χ2v) is 8.61. The SMILES string of the molecule is C[C@@H](Sc1nc2ccccc2o1)c1nc2cc(Cl)ccc2n1Cc1ccccc1. The normalized spacial score (nSPS) is 12.6. The maximum Gasteiger partial charge on any atom is 0.257 e. The van der Waals surface area contributed by atoms with Crippen LogP contribution in [0.4, 0.5) is 0 Å². The largest absolute Gasteiger partial charge is 0.431 e. The van der Waals surface area contributed by atoms with Gasteiger partial charge in [0.25, 0.3) is 5.22 Å². The molecule has 5 rings (SSSR count). The molecule has 2 heterocycles. The lowest BCUT2D eigenvalue weighted by Crippen LogP contribution is -2.06. The second kappa shape index (κ2) is 7.58. The minimum atomic E-state index is 0.0537. The molecule has 0 amide bonds. The fourth-order valence-corrected chi connectivity index (χ4v) is 4.51. The smallest absolute Gasteiger partial charge is 0.257 e. The van der Waals surface area contributed by atoms with Crippen LogP contribution in [0.1, 0.15) is 23.6 Å².